The number of nitrogens with zero attached hydrogens (tertiary/aromatic N) is 1. The molecule has 5 heteroatoms. The number of carbonyl (C=O) groups is 1. The van der Waals surface area contributed by atoms with Crippen molar-refractivity contribution in [3.05, 3.63) is 10.6 Å². The Labute approximate surface area is 86.0 Å². The lowest BCUT2D eigenvalue weighted by molar-refractivity contribution is 0.0701. The highest BCUT2D eigenvalue weighted by Gasteiger charge is 2.38. The van der Waals surface area contributed by atoms with Gasteiger partial charge >= 0.3 is 5.97 Å². The lowest BCUT2D eigenvalue weighted by atomic mass is 10.3. The molecule has 2 rings (SSSR count). The quantitative estimate of drug-likeness (QED) is 0.805. The van der Waals surface area contributed by atoms with Crippen LogP contribution in [0.1, 0.15) is 35.1 Å². The third-order valence-corrected chi connectivity index (χ3v) is 3.46. The Morgan fingerprint density at radius 3 is 2.71 bits per heavy atom. The molecule has 0 aliphatic heterocycles. The second-order valence-corrected chi connectivity index (χ2v) is 4.92. The van der Waals surface area contributed by atoms with Crippen molar-refractivity contribution in [2.24, 2.45) is 0 Å². The molecule has 0 radical (unpaired) electrons. The van der Waals surface area contributed by atoms with Crippen LogP contribution < -0.4 is 5.32 Å². The summed E-state index contributed by atoms with van der Waals surface area (Å²) in [6.07, 6.45) is 2.27. The third-order valence-electron chi connectivity index (χ3n) is 2.40. The highest BCUT2D eigenvalue weighted by atomic mass is 32.1. The molecule has 0 aromatic carbocycles. The molecule has 4 nitrogen and oxygen atoms in total. The first kappa shape index (κ1) is 9.45. The topological polar surface area (TPSA) is 62.2 Å². The van der Waals surface area contributed by atoms with Crippen LogP contribution in [0, 0.1) is 6.92 Å². The Morgan fingerprint density at radius 1 is 1.64 bits per heavy atom. The Hall–Kier alpha value is -1.10. The summed E-state index contributed by atoms with van der Waals surface area (Å²) in [6, 6.07) is 0. The highest BCUT2D eigenvalue weighted by Crippen LogP contribution is 2.39. The number of aromatic nitrogens is 1. The van der Waals surface area contributed by atoms with E-state index in [1.165, 1.54) is 11.3 Å². The average molecular weight is 212 g/mol. The number of rotatable bonds is 3. The normalized spacial score (nSPS) is 17.9. The maximum Gasteiger partial charge on any atom is 0.347 e. The van der Waals surface area contributed by atoms with Gasteiger partial charge in [-0.25, -0.2) is 9.78 Å². The van der Waals surface area contributed by atoms with Crippen molar-refractivity contribution in [2.45, 2.75) is 32.2 Å². The molecule has 1 heterocycles. The Kier molecular flexibility index (Phi) is 1.99. The molecule has 76 valence electrons. The minimum atomic E-state index is -0.894. The number of anilines is 1. The van der Waals surface area contributed by atoms with Gasteiger partial charge in [0.1, 0.15) is 4.88 Å². The molecule has 14 heavy (non-hydrogen) atoms. The predicted octanol–water partition coefficient (Wildman–Crippen LogP) is 2.11. The second kappa shape index (κ2) is 2.95. The molecule has 0 unspecified atom stereocenters. The molecule has 1 aromatic rings. The van der Waals surface area contributed by atoms with E-state index < -0.39 is 5.97 Å². The SMILES string of the molecule is Cc1nc(NC2(C)CC2)sc1C(=O)O. The molecule has 1 saturated carbocycles. The fraction of sp³-hybridized carbons (Fsp3) is 0.556. The second-order valence-electron chi connectivity index (χ2n) is 3.92. The maximum atomic E-state index is 10.8. The lowest BCUT2D eigenvalue weighted by Crippen LogP contribution is -2.15. The number of aryl methyl sites for hydroxylation is 1. The van der Waals surface area contributed by atoms with Crippen molar-refractivity contribution < 1.29 is 9.90 Å². The number of carboxylic acid groups (broad SMARTS) is 1. The van der Waals surface area contributed by atoms with Crippen molar-refractivity contribution in [3.8, 4) is 0 Å². The number of hydrogen-bond acceptors (Lipinski definition) is 4. The fourth-order valence-electron chi connectivity index (χ4n) is 1.22. The maximum absolute atomic E-state index is 10.8. The van der Waals surface area contributed by atoms with Crippen molar-refractivity contribution in [1.29, 1.82) is 0 Å². The predicted molar refractivity (Wildman–Crippen MR) is 55.1 cm³/mol. The minimum Gasteiger partial charge on any atom is -0.477 e. The van der Waals surface area contributed by atoms with Crippen molar-refractivity contribution in [2.75, 3.05) is 5.32 Å². The van der Waals surface area contributed by atoms with E-state index in [0.717, 1.165) is 18.0 Å². The summed E-state index contributed by atoms with van der Waals surface area (Å²) < 4.78 is 0. The highest BCUT2D eigenvalue weighted by molar-refractivity contribution is 7.17. The van der Waals surface area contributed by atoms with Crippen LogP contribution >= 0.6 is 11.3 Å². The summed E-state index contributed by atoms with van der Waals surface area (Å²) in [6.45, 7) is 3.84. The first-order chi connectivity index (χ1) is 6.50. The number of nitrogens with one attached hydrogen (secondary N) is 1. The van der Waals surface area contributed by atoms with Crippen LogP contribution in [0.2, 0.25) is 0 Å². The van der Waals surface area contributed by atoms with Crippen molar-refractivity contribution in [1.82, 2.24) is 4.98 Å². The molecule has 0 atom stereocenters. The van der Waals surface area contributed by atoms with Gasteiger partial charge in [0.25, 0.3) is 0 Å². The lowest BCUT2D eigenvalue weighted by Gasteiger charge is -2.08. The largest absolute Gasteiger partial charge is 0.477 e. The van der Waals surface area contributed by atoms with E-state index in [4.69, 9.17) is 5.11 Å². The Morgan fingerprint density at radius 2 is 2.29 bits per heavy atom. The number of carboxylic acids is 1. The van der Waals surface area contributed by atoms with Gasteiger partial charge in [-0.05, 0) is 26.7 Å². The molecule has 0 bridgehead atoms. The van der Waals surface area contributed by atoms with E-state index in [9.17, 15) is 4.79 Å². The van der Waals surface area contributed by atoms with Crippen LogP contribution in [0.4, 0.5) is 5.13 Å². The monoisotopic (exact) mass is 212 g/mol. The molecule has 1 aromatic heterocycles. The Bertz CT molecular complexity index is 382. The van der Waals surface area contributed by atoms with Gasteiger partial charge in [-0.15, -0.1) is 0 Å². The molecule has 0 spiro atoms. The van der Waals surface area contributed by atoms with Gasteiger partial charge < -0.3 is 10.4 Å². The van der Waals surface area contributed by atoms with Crippen LogP contribution in [-0.4, -0.2) is 21.6 Å². The summed E-state index contributed by atoms with van der Waals surface area (Å²) in [7, 11) is 0. The molecule has 1 fully saturated rings. The summed E-state index contributed by atoms with van der Waals surface area (Å²) in [4.78, 5) is 15.3. The van der Waals surface area contributed by atoms with Gasteiger partial charge in [0.2, 0.25) is 0 Å². The first-order valence-electron chi connectivity index (χ1n) is 4.49. The van der Waals surface area contributed by atoms with Crippen LogP contribution in [0.5, 0.6) is 0 Å². The van der Waals surface area contributed by atoms with E-state index in [1.54, 1.807) is 6.92 Å². The van der Waals surface area contributed by atoms with Crippen LogP contribution in [-0.2, 0) is 0 Å². The smallest absolute Gasteiger partial charge is 0.347 e. The number of thiazole rings is 1. The zero-order valence-corrected chi connectivity index (χ0v) is 8.94. The van der Waals surface area contributed by atoms with Crippen LogP contribution in [0.25, 0.3) is 0 Å². The molecule has 0 saturated heterocycles. The van der Waals surface area contributed by atoms with Gasteiger partial charge in [-0.2, -0.15) is 0 Å². The van der Waals surface area contributed by atoms with Crippen molar-refractivity contribution >= 4 is 22.4 Å². The van der Waals surface area contributed by atoms with Gasteiger partial charge in [-0.3, -0.25) is 0 Å². The molecule has 0 amide bonds. The minimum absolute atomic E-state index is 0.153. The molecule has 1 aliphatic carbocycles. The average Bonchev–Trinajstić information content (AvgIpc) is 2.65. The van der Waals surface area contributed by atoms with Gasteiger partial charge in [-0.1, -0.05) is 11.3 Å². The molecule has 1 aliphatic rings. The fourth-order valence-corrected chi connectivity index (χ4v) is 2.17. The third kappa shape index (κ3) is 1.72. The van der Waals surface area contributed by atoms with E-state index in [-0.39, 0.29) is 5.54 Å². The van der Waals surface area contributed by atoms with E-state index in [0.29, 0.717) is 10.6 Å². The Balaban J connectivity index is 2.19. The van der Waals surface area contributed by atoms with Gasteiger partial charge in [0.05, 0.1) is 5.69 Å². The summed E-state index contributed by atoms with van der Waals surface area (Å²) in [5, 5.41) is 12.8. The molecule has 2 N–H and O–H groups in total. The van der Waals surface area contributed by atoms with E-state index >= 15 is 0 Å². The van der Waals surface area contributed by atoms with E-state index in [1.807, 2.05) is 0 Å². The van der Waals surface area contributed by atoms with E-state index in [2.05, 4.69) is 17.2 Å². The van der Waals surface area contributed by atoms with Crippen LogP contribution in [0.15, 0.2) is 0 Å². The zero-order chi connectivity index (χ0) is 10.3. The molecular formula is C9H12N2O2S. The summed E-state index contributed by atoms with van der Waals surface area (Å²) in [5.41, 5.74) is 0.745. The number of hydrogen-bond donors (Lipinski definition) is 2. The van der Waals surface area contributed by atoms with Crippen LogP contribution in [0.3, 0.4) is 0 Å². The van der Waals surface area contributed by atoms with Gasteiger partial charge in [0, 0.05) is 5.54 Å². The number of aromatic carboxylic acids is 1. The first-order valence-corrected chi connectivity index (χ1v) is 5.31. The summed E-state index contributed by atoms with van der Waals surface area (Å²) in [5.74, 6) is -0.894. The standard InChI is InChI=1S/C9H12N2O2S/c1-5-6(7(12)13)14-8(10-5)11-9(2)3-4-9/h3-4H2,1-2H3,(H,10,11)(H,12,13). The van der Waals surface area contributed by atoms with Crippen molar-refractivity contribution in [3.63, 3.8) is 0 Å². The molecular weight excluding hydrogens is 200 g/mol. The summed E-state index contributed by atoms with van der Waals surface area (Å²) >= 11 is 1.21. The van der Waals surface area contributed by atoms with Gasteiger partial charge in [0.15, 0.2) is 5.13 Å². The zero-order valence-electron chi connectivity index (χ0n) is 8.13.